The van der Waals surface area contributed by atoms with Gasteiger partial charge < -0.3 is 4.74 Å². The molecule has 0 radical (unpaired) electrons. The number of rotatable bonds is 2. The predicted octanol–water partition coefficient (Wildman–Crippen LogP) is 3.08. The number of hydrogen-bond donors (Lipinski definition) is 0. The van der Waals surface area contributed by atoms with E-state index >= 15 is 0 Å². The number of allylic oxidation sites excluding steroid dienone is 4. The lowest BCUT2D eigenvalue weighted by Crippen LogP contribution is -2.21. The highest BCUT2D eigenvalue weighted by Crippen LogP contribution is 2.24. The van der Waals surface area contributed by atoms with E-state index in [0.717, 1.165) is 12.5 Å². The van der Waals surface area contributed by atoms with Crippen molar-refractivity contribution in [2.45, 2.75) is 38.2 Å². The van der Waals surface area contributed by atoms with Gasteiger partial charge in [-0.05, 0) is 38.0 Å². The summed E-state index contributed by atoms with van der Waals surface area (Å²) in [5.74, 6) is 0.730. The molecule has 0 aromatic rings. The summed E-state index contributed by atoms with van der Waals surface area (Å²) >= 11 is 0. The highest BCUT2D eigenvalue weighted by molar-refractivity contribution is 5.10. The van der Waals surface area contributed by atoms with Gasteiger partial charge in [-0.15, -0.1) is 0 Å². The van der Waals surface area contributed by atoms with Crippen LogP contribution in [-0.2, 0) is 4.74 Å². The Morgan fingerprint density at radius 1 is 1.23 bits per heavy atom. The SMILES string of the molecule is C1=CCC(CC2CCCCO2)C=C1. The molecule has 2 atom stereocenters. The van der Waals surface area contributed by atoms with Crippen molar-refractivity contribution in [3.8, 4) is 0 Å². The van der Waals surface area contributed by atoms with Crippen LogP contribution in [0.25, 0.3) is 0 Å². The molecule has 1 aliphatic carbocycles. The first-order chi connectivity index (χ1) is 6.45. The van der Waals surface area contributed by atoms with Crippen molar-refractivity contribution in [3.63, 3.8) is 0 Å². The van der Waals surface area contributed by atoms with Crippen LogP contribution in [0.4, 0.5) is 0 Å². The molecule has 13 heavy (non-hydrogen) atoms. The first-order valence-electron chi connectivity index (χ1n) is 5.40. The van der Waals surface area contributed by atoms with Gasteiger partial charge in [0.05, 0.1) is 6.10 Å². The molecule has 0 aromatic carbocycles. The third kappa shape index (κ3) is 2.70. The highest BCUT2D eigenvalue weighted by atomic mass is 16.5. The Morgan fingerprint density at radius 3 is 2.92 bits per heavy atom. The van der Waals surface area contributed by atoms with E-state index in [1.165, 1.54) is 32.1 Å². The Labute approximate surface area is 80.5 Å². The molecule has 72 valence electrons. The van der Waals surface area contributed by atoms with Crippen LogP contribution < -0.4 is 0 Å². The van der Waals surface area contributed by atoms with Crippen molar-refractivity contribution < 1.29 is 4.74 Å². The van der Waals surface area contributed by atoms with E-state index in [4.69, 9.17) is 4.74 Å². The summed E-state index contributed by atoms with van der Waals surface area (Å²) in [5, 5.41) is 0. The average Bonchev–Trinajstić information content (AvgIpc) is 2.21. The lowest BCUT2D eigenvalue weighted by atomic mass is 9.92. The van der Waals surface area contributed by atoms with Crippen LogP contribution in [-0.4, -0.2) is 12.7 Å². The molecular weight excluding hydrogens is 160 g/mol. The van der Waals surface area contributed by atoms with Gasteiger partial charge in [0.1, 0.15) is 0 Å². The van der Waals surface area contributed by atoms with Crippen LogP contribution in [0.2, 0.25) is 0 Å². The normalized spacial score (nSPS) is 33.5. The van der Waals surface area contributed by atoms with Gasteiger partial charge in [-0.3, -0.25) is 0 Å². The minimum atomic E-state index is 0.537. The molecule has 0 amide bonds. The van der Waals surface area contributed by atoms with Crippen LogP contribution in [0.15, 0.2) is 24.3 Å². The van der Waals surface area contributed by atoms with Crippen LogP contribution >= 0.6 is 0 Å². The van der Waals surface area contributed by atoms with Gasteiger partial charge in [-0.25, -0.2) is 0 Å². The molecule has 1 fully saturated rings. The maximum atomic E-state index is 5.72. The lowest BCUT2D eigenvalue weighted by molar-refractivity contribution is 0.00501. The Balaban J connectivity index is 1.76. The smallest absolute Gasteiger partial charge is 0.0580 e. The number of ether oxygens (including phenoxy) is 1. The standard InChI is InChI=1S/C12H18O/c1-2-6-11(7-3-1)10-12-8-4-5-9-13-12/h1-3,6,11-12H,4-5,7-10H2. The van der Waals surface area contributed by atoms with Gasteiger partial charge in [-0.2, -0.15) is 0 Å². The van der Waals surface area contributed by atoms with E-state index < -0.39 is 0 Å². The summed E-state index contributed by atoms with van der Waals surface area (Å²) < 4.78 is 5.72. The maximum absolute atomic E-state index is 5.72. The molecule has 1 heterocycles. The van der Waals surface area contributed by atoms with Gasteiger partial charge in [0.25, 0.3) is 0 Å². The minimum Gasteiger partial charge on any atom is -0.378 e. The van der Waals surface area contributed by atoms with Crippen molar-refractivity contribution in [1.29, 1.82) is 0 Å². The fourth-order valence-electron chi connectivity index (χ4n) is 2.14. The Bertz CT molecular complexity index is 199. The molecule has 1 aliphatic heterocycles. The van der Waals surface area contributed by atoms with Crippen molar-refractivity contribution in [2.24, 2.45) is 5.92 Å². The van der Waals surface area contributed by atoms with Crippen LogP contribution in [0, 0.1) is 5.92 Å². The first kappa shape index (κ1) is 9.01. The summed E-state index contributed by atoms with van der Waals surface area (Å²) in [4.78, 5) is 0. The van der Waals surface area contributed by atoms with Gasteiger partial charge in [-0.1, -0.05) is 24.3 Å². The third-order valence-electron chi connectivity index (χ3n) is 2.91. The van der Waals surface area contributed by atoms with E-state index in [1.54, 1.807) is 0 Å². The molecule has 2 aliphatic rings. The topological polar surface area (TPSA) is 9.23 Å². The monoisotopic (exact) mass is 178 g/mol. The Hall–Kier alpha value is -0.560. The zero-order valence-corrected chi connectivity index (χ0v) is 8.11. The van der Waals surface area contributed by atoms with E-state index in [-0.39, 0.29) is 0 Å². The molecule has 1 nitrogen and oxygen atoms in total. The second-order valence-corrected chi connectivity index (χ2v) is 4.03. The molecule has 0 N–H and O–H groups in total. The minimum absolute atomic E-state index is 0.537. The zero-order chi connectivity index (χ0) is 8.93. The highest BCUT2D eigenvalue weighted by Gasteiger charge is 2.17. The van der Waals surface area contributed by atoms with Crippen LogP contribution in [0.3, 0.4) is 0 Å². The average molecular weight is 178 g/mol. The zero-order valence-electron chi connectivity index (χ0n) is 8.11. The fourth-order valence-corrected chi connectivity index (χ4v) is 2.14. The van der Waals surface area contributed by atoms with E-state index in [1.807, 2.05) is 0 Å². The Kier molecular flexibility index (Phi) is 3.20. The van der Waals surface area contributed by atoms with E-state index in [9.17, 15) is 0 Å². The van der Waals surface area contributed by atoms with E-state index in [2.05, 4.69) is 24.3 Å². The second-order valence-electron chi connectivity index (χ2n) is 4.03. The molecule has 0 aromatic heterocycles. The van der Waals surface area contributed by atoms with Gasteiger partial charge in [0.15, 0.2) is 0 Å². The van der Waals surface area contributed by atoms with Gasteiger partial charge >= 0.3 is 0 Å². The van der Waals surface area contributed by atoms with Crippen molar-refractivity contribution >= 4 is 0 Å². The molecule has 1 heteroatoms. The van der Waals surface area contributed by atoms with Gasteiger partial charge in [0, 0.05) is 6.61 Å². The summed E-state index contributed by atoms with van der Waals surface area (Å²) in [6, 6.07) is 0. The molecule has 2 rings (SSSR count). The van der Waals surface area contributed by atoms with E-state index in [0.29, 0.717) is 6.10 Å². The quantitative estimate of drug-likeness (QED) is 0.631. The first-order valence-corrected chi connectivity index (χ1v) is 5.40. The molecular formula is C12H18O. The summed E-state index contributed by atoms with van der Waals surface area (Å²) in [6.45, 7) is 0.983. The van der Waals surface area contributed by atoms with Crippen molar-refractivity contribution in [2.75, 3.05) is 6.61 Å². The summed E-state index contributed by atoms with van der Waals surface area (Å²) in [6.07, 6.45) is 15.7. The molecule has 2 unspecified atom stereocenters. The molecule has 0 saturated carbocycles. The second kappa shape index (κ2) is 4.61. The largest absolute Gasteiger partial charge is 0.378 e. The predicted molar refractivity (Wildman–Crippen MR) is 54.6 cm³/mol. The molecule has 1 saturated heterocycles. The van der Waals surface area contributed by atoms with Crippen LogP contribution in [0.1, 0.15) is 32.1 Å². The van der Waals surface area contributed by atoms with Crippen LogP contribution in [0.5, 0.6) is 0 Å². The number of hydrogen-bond acceptors (Lipinski definition) is 1. The molecule has 0 bridgehead atoms. The van der Waals surface area contributed by atoms with Crippen molar-refractivity contribution in [3.05, 3.63) is 24.3 Å². The Morgan fingerprint density at radius 2 is 2.23 bits per heavy atom. The fraction of sp³-hybridized carbons (Fsp3) is 0.667. The maximum Gasteiger partial charge on any atom is 0.0580 e. The summed E-state index contributed by atoms with van der Waals surface area (Å²) in [7, 11) is 0. The molecule has 0 spiro atoms. The third-order valence-corrected chi connectivity index (χ3v) is 2.91. The van der Waals surface area contributed by atoms with Crippen molar-refractivity contribution in [1.82, 2.24) is 0 Å². The van der Waals surface area contributed by atoms with Gasteiger partial charge in [0.2, 0.25) is 0 Å². The lowest BCUT2D eigenvalue weighted by Gasteiger charge is -2.25. The summed E-state index contributed by atoms with van der Waals surface area (Å²) in [5.41, 5.74) is 0.